The maximum atomic E-state index is 9.42. The van der Waals surface area contributed by atoms with Gasteiger partial charge in [-0.1, -0.05) is 17.8 Å². The number of ether oxygens (including phenoxy) is 1. The molecule has 0 spiro atoms. The van der Waals surface area contributed by atoms with Crippen molar-refractivity contribution in [3.63, 3.8) is 0 Å². The van der Waals surface area contributed by atoms with Gasteiger partial charge in [0.05, 0.1) is 12.3 Å². The molecule has 0 unspecified atom stereocenters. The number of phenols is 1. The molecule has 2 aromatic carbocycles. The Hall–Kier alpha value is -2.31. The summed E-state index contributed by atoms with van der Waals surface area (Å²) in [5, 5.41) is 17.8. The fourth-order valence-electron chi connectivity index (χ4n) is 2.70. The lowest BCUT2D eigenvalue weighted by Gasteiger charge is -2.13. The van der Waals surface area contributed by atoms with Crippen LogP contribution in [-0.2, 0) is 18.0 Å². The zero-order valence-corrected chi connectivity index (χ0v) is 13.4. The van der Waals surface area contributed by atoms with E-state index in [1.54, 1.807) is 23.9 Å². The van der Waals surface area contributed by atoms with Gasteiger partial charge in [-0.05, 0) is 43.3 Å². The Morgan fingerprint density at radius 1 is 1.09 bits per heavy atom. The first-order chi connectivity index (χ1) is 11.2. The van der Waals surface area contributed by atoms with E-state index in [0.717, 1.165) is 32.7 Å². The molecule has 6 heteroatoms. The minimum Gasteiger partial charge on any atom is -0.508 e. The van der Waals surface area contributed by atoms with Crippen LogP contribution < -0.4 is 0 Å². The van der Waals surface area contributed by atoms with Gasteiger partial charge in [0.1, 0.15) is 18.2 Å². The van der Waals surface area contributed by atoms with Gasteiger partial charge in [-0.15, -0.1) is 10.2 Å². The number of phenolic OH excluding ortho intramolecular Hbond substituents is 1. The second-order valence-electron chi connectivity index (χ2n) is 5.34. The molecule has 116 valence electrons. The Morgan fingerprint density at radius 2 is 1.91 bits per heavy atom. The predicted octanol–water partition coefficient (Wildman–Crippen LogP) is 3.46. The number of benzene rings is 2. The van der Waals surface area contributed by atoms with Gasteiger partial charge in [0.2, 0.25) is 0 Å². The average Bonchev–Trinajstić information content (AvgIpc) is 2.80. The largest absolute Gasteiger partial charge is 0.508 e. The molecule has 4 rings (SSSR count). The summed E-state index contributed by atoms with van der Waals surface area (Å²) in [5.41, 5.74) is 2.20. The number of aryl methyl sites for hydroxylation is 1. The summed E-state index contributed by atoms with van der Waals surface area (Å²) in [6.07, 6.45) is 0. The van der Waals surface area contributed by atoms with Gasteiger partial charge in [-0.25, -0.2) is 0 Å². The second-order valence-corrected chi connectivity index (χ2v) is 6.46. The first kappa shape index (κ1) is 14.3. The maximum absolute atomic E-state index is 9.42. The molecule has 0 aliphatic carbocycles. The third-order valence-corrected chi connectivity index (χ3v) is 4.89. The summed E-state index contributed by atoms with van der Waals surface area (Å²) in [5.74, 6) is 1.96. The third-order valence-electron chi connectivity index (χ3n) is 3.78. The highest BCUT2D eigenvalue weighted by atomic mass is 32.2. The van der Waals surface area contributed by atoms with Crippen molar-refractivity contribution < 1.29 is 9.84 Å². The van der Waals surface area contributed by atoms with E-state index in [0.29, 0.717) is 13.2 Å². The first-order valence-corrected chi connectivity index (χ1v) is 8.12. The lowest BCUT2D eigenvalue weighted by molar-refractivity contribution is 0.104. The molecule has 1 aromatic heterocycles. The molecule has 0 radical (unpaired) electrons. The predicted molar refractivity (Wildman–Crippen MR) is 86.8 cm³/mol. The number of fused-ring (bicyclic) bond motifs is 3. The molecule has 1 aliphatic heterocycles. The van der Waals surface area contributed by atoms with Crippen molar-refractivity contribution in [1.29, 1.82) is 0 Å². The van der Waals surface area contributed by atoms with Crippen molar-refractivity contribution in [2.45, 2.75) is 29.9 Å². The van der Waals surface area contributed by atoms with E-state index in [4.69, 9.17) is 4.74 Å². The van der Waals surface area contributed by atoms with Gasteiger partial charge < -0.3 is 9.84 Å². The molecule has 1 aliphatic rings. The van der Waals surface area contributed by atoms with Crippen LogP contribution in [0.4, 0.5) is 0 Å². The number of aromatic hydroxyl groups is 1. The molecule has 0 fully saturated rings. The summed E-state index contributed by atoms with van der Waals surface area (Å²) in [6, 6.07) is 13.4. The van der Waals surface area contributed by atoms with Gasteiger partial charge in [0, 0.05) is 15.4 Å². The summed E-state index contributed by atoms with van der Waals surface area (Å²) >= 11 is 1.66. The van der Waals surface area contributed by atoms with Gasteiger partial charge in [0.15, 0.2) is 5.82 Å². The second kappa shape index (κ2) is 5.72. The van der Waals surface area contributed by atoms with Crippen molar-refractivity contribution in [1.82, 2.24) is 14.8 Å². The Kier molecular flexibility index (Phi) is 3.55. The molecule has 2 heterocycles. The van der Waals surface area contributed by atoms with Crippen LogP contribution >= 0.6 is 11.8 Å². The lowest BCUT2D eigenvalue weighted by Crippen LogP contribution is -2.03. The van der Waals surface area contributed by atoms with Crippen molar-refractivity contribution in [3.8, 4) is 11.4 Å². The molecule has 0 atom stereocenters. The van der Waals surface area contributed by atoms with Gasteiger partial charge in [0.25, 0.3) is 0 Å². The average molecular weight is 325 g/mol. The standard InChI is InChI=1S/C17H15N3O2S/c1-11-18-19-17-10-22-9-14-15(20(11)17)3-2-4-16(14)23-13-7-5-12(21)6-8-13/h2-8,21H,9-10H2,1H3. The highest BCUT2D eigenvalue weighted by Gasteiger charge is 2.20. The molecule has 0 bridgehead atoms. The van der Waals surface area contributed by atoms with Gasteiger partial charge in [-0.2, -0.15) is 0 Å². The minimum absolute atomic E-state index is 0.273. The molecule has 5 nitrogen and oxygen atoms in total. The number of aromatic nitrogens is 3. The zero-order valence-electron chi connectivity index (χ0n) is 12.6. The Balaban J connectivity index is 1.79. The smallest absolute Gasteiger partial charge is 0.163 e. The van der Waals surface area contributed by atoms with Crippen LogP contribution in [0.2, 0.25) is 0 Å². The Morgan fingerprint density at radius 3 is 2.74 bits per heavy atom. The van der Waals surface area contributed by atoms with Gasteiger partial charge in [-0.3, -0.25) is 4.57 Å². The van der Waals surface area contributed by atoms with E-state index < -0.39 is 0 Å². The van der Waals surface area contributed by atoms with Gasteiger partial charge >= 0.3 is 0 Å². The number of rotatable bonds is 2. The van der Waals surface area contributed by atoms with Crippen LogP contribution in [0.1, 0.15) is 17.2 Å². The molecule has 0 saturated carbocycles. The summed E-state index contributed by atoms with van der Waals surface area (Å²) in [4.78, 5) is 2.20. The van der Waals surface area contributed by atoms with Crippen LogP contribution in [0.5, 0.6) is 5.75 Å². The fraction of sp³-hybridized carbons (Fsp3) is 0.176. The third kappa shape index (κ3) is 2.60. The summed E-state index contributed by atoms with van der Waals surface area (Å²) in [7, 11) is 0. The highest BCUT2D eigenvalue weighted by molar-refractivity contribution is 7.99. The van der Waals surface area contributed by atoms with E-state index in [1.807, 2.05) is 25.1 Å². The Bertz CT molecular complexity index is 859. The quantitative estimate of drug-likeness (QED) is 0.782. The molecule has 1 N–H and O–H groups in total. The minimum atomic E-state index is 0.273. The van der Waals surface area contributed by atoms with E-state index in [-0.39, 0.29) is 5.75 Å². The van der Waals surface area contributed by atoms with Crippen molar-refractivity contribution in [2.24, 2.45) is 0 Å². The number of nitrogens with zero attached hydrogens (tertiary/aromatic N) is 3. The molecule has 0 amide bonds. The highest BCUT2D eigenvalue weighted by Crippen LogP contribution is 2.36. The number of hydrogen-bond acceptors (Lipinski definition) is 5. The first-order valence-electron chi connectivity index (χ1n) is 7.30. The molecular formula is C17H15N3O2S. The van der Waals surface area contributed by atoms with Crippen LogP contribution in [0.25, 0.3) is 5.69 Å². The van der Waals surface area contributed by atoms with Crippen LogP contribution in [-0.4, -0.2) is 19.9 Å². The van der Waals surface area contributed by atoms with E-state index in [9.17, 15) is 5.11 Å². The lowest BCUT2D eigenvalue weighted by atomic mass is 10.2. The van der Waals surface area contributed by atoms with E-state index in [1.165, 1.54) is 0 Å². The maximum Gasteiger partial charge on any atom is 0.163 e. The van der Waals surface area contributed by atoms with E-state index >= 15 is 0 Å². The number of hydrogen-bond donors (Lipinski definition) is 1. The normalized spacial score (nSPS) is 13.3. The fourth-order valence-corrected chi connectivity index (χ4v) is 3.66. The SMILES string of the molecule is Cc1nnc2n1-c1cccc(Sc3ccc(O)cc3)c1COC2. The van der Waals surface area contributed by atoms with Crippen molar-refractivity contribution >= 4 is 11.8 Å². The Labute approximate surface area is 137 Å². The summed E-state index contributed by atoms with van der Waals surface area (Å²) in [6.45, 7) is 2.95. The monoisotopic (exact) mass is 325 g/mol. The van der Waals surface area contributed by atoms with Crippen LogP contribution in [0.3, 0.4) is 0 Å². The summed E-state index contributed by atoms with van der Waals surface area (Å²) < 4.78 is 7.84. The zero-order chi connectivity index (χ0) is 15.8. The van der Waals surface area contributed by atoms with Crippen molar-refractivity contribution in [2.75, 3.05) is 0 Å². The molecular weight excluding hydrogens is 310 g/mol. The van der Waals surface area contributed by atoms with E-state index in [2.05, 4.69) is 26.9 Å². The molecule has 0 saturated heterocycles. The van der Waals surface area contributed by atoms with Crippen molar-refractivity contribution in [3.05, 3.63) is 59.7 Å². The molecule has 3 aromatic rings. The molecule has 23 heavy (non-hydrogen) atoms. The van der Waals surface area contributed by atoms with Crippen LogP contribution in [0.15, 0.2) is 52.3 Å². The topological polar surface area (TPSA) is 60.2 Å². The van der Waals surface area contributed by atoms with Crippen LogP contribution in [0, 0.1) is 6.92 Å².